The second kappa shape index (κ2) is 9.32. The number of nitrogens with two attached hydrogens (primary N) is 1. The van der Waals surface area contributed by atoms with Gasteiger partial charge in [-0.1, -0.05) is 18.2 Å². The highest BCUT2D eigenvalue weighted by Gasteiger charge is 2.22. The molecule has 0 spiro atoms. The Morgan fingerprint density at radius 2 is 1.86 bits per heavy atom. The first-order valence-corrected chi connectivity index (χ1v) is 9.13. The van der Waals surface area contributed by atoms with Gasteiger partial charge in [0.1, 0.15) is 11.5 Å². The van der Waals surface area contributed by atoms with Gasteiger partial charge in [-0.05, 0) is 42.3 Å². The summed E-state index contributed by atoms with van der Waals surface area (Å²) in [4.78, 5) is 25.7. The molecule has 0 radical (unpaired) electrons. The van der Waals surface area contributed by atoms with Gasteiger partial charge in [0.2, 0.25) is 5.91 Å². The Hall–Kier alpha value is -2.94. The molecule has 1 unspecified atom stereocenters. The summed E-state index contributed by atoms with van der Waals surface area (Å²) < 4.78 is 5.74. The molecule has 1 fully saturated rings. The molecule has 0 bridgehead atoms. The highest BCUT2D eigenvalue weighted by atomic mass is 16.5. The zero-order chi connectivity index (χ0) is 19.9. The van der Waals surface area contributed by atoms with E-state index in [4.69, 9.17) is 15.7 Å². The van der Waals surface area contributed by atoms with E-state index in [1.807, 2.05) is 12.1 Å². The van der Waals surface area contributed by atoms with Crippen LogP contribution in [0.25, 0.3) is 0 Å². The van der Waals surface area contributed by atoms with Gasteiger partial charge in [0, 0.05) is 31.7 Å². The van der Waals surface area contributed by atoms with Crippen molar-refractivity contribution in [1.82, 2.24) is 15.7 Å². The Balaban J connectivity index is 1.59. The largest absolute Gasteiger partial charge is 0.457 e. The average Bonchev–Trinajstić information content (AvgIpc) is 2.74. The quantitative estimate of drug-likeness (QED) is 0.434. The van der Waals surface area contributed by atoms with Gasteiger partial charge in [-0.2, -0.15) is 0 Å². The van der Waals surface area contributed by atoms with Crippen molar-refractivity contribution in [1.29, 1.82) is 0 Å². The van der Waals surface area contributed by atoms with Gasteiger partial charge in [0.25, 0.3) is 5.91 Å². The Kier molecular flexibility index (Phi) is 6.59. The number of rotatable bonds is 6. The van der Waals surface area contributed by atoms with Crippen molar-refractivity contribution in [3.63, 3.8) is 0 Å². The predicted octanol–water partition coefficient (Wildman–Crippen LogP) is 0.899. The molecular formula is C20H24N4O4. The van der Waals surface area contributed by atoms with Crippen molar-refractivity contribution in [2.24, 2.45) is 5.73 Å². The number of carbonyl (C=O) groups is 2. The van der Waals surface area contributed by atoms with Crippen molar-refractivity contribution in [3.05, 3.63) is 59.7 Å². The molecule has 2 amide bonds. The lowest BCUT2D eigenvalue weighted by Crippen LogP contribution is -2.52. The van der Waals surface area contributed by atoms with Gasteiger partial charge < -0.3 is 20.7 Å². The lowest BCUT2D eigenvalue weighted by atomic mass is 10.1. The van der Waals surface area contributed by atoms with Crippen LogP contribution in [0, 0.1) is 0 Å². The molecule has 0 saturated carbocycles. The SMILES string of the molecule is NC(Cc1ccc(Oc2cccc(C(=O)NO)c2)cc1)C(=O)N1CCNCC1. The van der Waals surface area contributed by atoms with Gasteiger partial charge in [-0.15, -0.1) is 0 Å². The monoisotopic (exact) mass is 384 g/mol. The first-order valence-electron chi connectivity index (χ1n) is 9.13. The fraction of sp³-hybridized carbons (Fsp3) is 0.300. The van der Waals surface area contributed by atoms with Crippen molar-refractivity contribution in [2.45, 2.75) is 12.5 Å². The fourth-order valence-electron chi connectivity index (χ4n) is 3.06. The molecule has 1 aliphatic rings. The fourth-order valence-corrected chi connectivity index (χ4v) is 3.06. The van der Waals surface area contributed by atoms with Crippen molar-refractivity contribution in [2.75, 3.05) is 26.2 Å². The van der Waals surface area contributed by atoms with E-state index in [0.717, 1.165) is 18.7 Å². The third-order valence-electron chi connectivity index (χ3n) is 4.56. The van der Waals surface area contributed by atoms with E-state index in [9.17, 15) is 9.59 Å². The third-order valence-corrected chi connectivity index (χ3v) is 4.56. The number of amides is 2. The molecule has 0 aromatic heterocycles. The second-order valence-corrected chi connectivity index (χ2v) is 6.60. The van der Waals surface area contributed by atoms with Gasteiger partial charge >= 0.3 is 0 Å². The van der Waals surface area contributed by atoms with Crippen LogP contribution in [0.15, 0.2) is 48.5 Å². The Labute approximate surface area is 163 Å². The number of hydrogen-bond donors (Lipinski definition) is 4. The van der Waals surface area contributed by atoms with E-state index in [2.05, 4.69) is 5.32 Å². The Bertz CT molecular complexity index is 819. The van der Waals surface area contributed by atoms with E-state index < -0.39 is 11.9 Å². The molecule has 1 atom stereocenters. The summed E-state index contributed by atoms with van der Waals surface area (Å²) in [6.07, 6.45) is 0.454. The van der Waals surface area contributed by atoms with Crippen molar-refractivity contribution >= 4 is 11.8 Å². The van der Waals surface area contributed by atoms with E-state index in [1.54, 1.807) is 40.7 Å². The minimum atomic E-state index is -0.607. The Morgan fingerprint density at radius 3 is 2.54 bits per heavy atom. The molecule has 1 aliphatic heterocycles. The summed E-state index contributed by atoms with van der Waals surface area (Å²) in [5.41, 5.74) is 8.92. The van der Waals surface area contributed by atoms with Crippen LogP contribution >= 0.6 is 0 Å². The maximum atomic E-state index is 12.4. The van der Waals surface area contributed by atoms with Crippen molar-refractivity contribution < 1.29 is 19.5 Å². The molecule has 3 rings (SSSR count). The standard InChI is InChI=1S/C20H24N4O4/c21-18(20(26)24-10-8-22-9-11-24)12-14-4-6-16(7-5-14)28-17-3-1-2-15(13-17)19(25)23-27/h1-7,13,18,22,27H,8-12,21H2,(H,23,25). The molecule has 2 aromatic rings. The second-order valence-electron chi connectivity index (χ2n) is 6.60. The topological polar surface area (TPSA) is 117 Å². The summed E-state index contributed by atoms with van der Waals surface area (Å²) in [7, 11) is 0. The lowest BCUT2D eigenvalue weighted by Gasteiger charge is -2.29. The van der Waals surface area contributed by atoms with Crippen LogP contribution in [-0.2, 0) is 11.2 Å². The molecule has 0 aliphatic carbocycles. The summed E-state index contributed by atoms with van der Waals surface area (Å²) >= 11 is 0. The third kappa shape index (κ3) is 5.07. The number of ether oxygens (including phenoxy) is 1. The smallest absolute Gasteiger partial charge is 0.274 e. The average molecular weight is 384 g/mol. The number of nitrogens with zero attached hydrogens (tertiary/aromatic N) is 1. The molecule has 1 heterocycles. The van der Waals surface area contributed by atoms with E-state index in [-0.39, 0.29) is 11.5 Å². The predicted molar refractivity (Wildman–Crippen MR) is 103 cm³/mol. The number of nitrogens with one attached hydrogen (secondary N) is 2. The molecule has 8 nitrogen and oxygen atoms in total. The lowest BCUT2D eigenvalue weighted by molar-refractivity contribution is -0.133. The van der Waals surface area contributed by atoms with Crippen LogP contribution in [0.3, 0.4) is 0 Å². The molecule has 1 saturated heterocycles. The van der Waals surface area contributed by atoms with Gasteiger partial charge in [-0.25, -0.2) is 5.48 Å². The summed E-state index contributed by atoms with van der Waals surface area (Å²) in [6.45, 7) is 2.97. The van der Waals surface area contributed by atoms with E-state index in [0.29, 0.717) is 31.0 Å². The molecule has 8 heteroatoms. The van der Waals surface area contributed by atoms with Gasteiger partial charge in [0.05, 0.1) is 6.04 Å². The normalized spacial score (nSPS) is 15.0. The summed E-state index contributed by atoms with van der Waals surface area (Å²) in [5, 5.41) is 11.9. The number of benzene rings is 2. The molecule has 5 N–H and O–H groups in total. The minimum Gasteiger partial charge on any atom is -0.457 e. The van der Waals surface area contributed by atoms with Crippen LogP contribution in [0.1, 0.15) is 15.9 Å². The van der Waals surface area contributed by atoms with Gasteiger partial charge in [-0.3, -0.25) is 14.8 Å². The molecule has 148 valence electrons. The Morgan fingerprint density at radius 1 is 1.14 bits per heavy atom. The van der Waals surface area contributed by atoms with Crippen LogP contribution in [-0.4, -0.2) is 54.1 Å². The molecule has 28 heavy (non-hydrogen) atoms. The van der Waals surface area contributed by atoms with E-state index in [1.165, 1.54) is 6.07 Å². The van der Waals surface area contributed by atoms with Crippen LogP contribution in [0.2, 0.25) is 0 Å². The zero-order valence-corrected chi connectivity index (χ0v) is 15.4. The molecule has 2 aromatic carbocycles. The maximum absolute atomic E-state index is 12.4. The maximum Gasteiger partial charge on any atom is 0.274 e. The summed E-state index contributed by atoms with van der Waals surface area (Å²) in [5.74, 6) is 0.427. The summed E-state index contributed by atoms with van der Waals surface area (Å²) in [6, 6.07) is 13.2. The minimum absolute atomic E-state index is 0.0270. The van der Waals surface area contributed by atoms with Crippen LogP contribution in [0.5, 0.6) is 11.5 Å². The highest BCUT2D eigenvalue weighted by molar-refractivity contribution is 5.93. The first-order chi connectivity index (χ1) is 13.6. The zero-order valence-electron chi connectivity index (χ0n) is 15.4. The highest BCUT2D eigenvalue weighted by Crippen LogP contribution is 2.23. The van der Waals surface area contributed by atoms with Crippen LogP contribution in [0.4, 0.5) is 0 Å². The van der Waals surface area contributed by atoms with E-state index >= 15 is 0 Å². The number of piperazine rings is 1. The first kappa shape index (κ1) is 19.8. The van der Waals surface area contributed by atoms with Gasteiger partial charge in [0.15, 0.2) is 0 Å². The molecular weight excluding hydrogens is 360 g/mol. The number of hydrogen-bond acceptors (Lipinski definition) is 6. The number of carbonyl (C=O) groups excluding carboxylic acids is 2. The van der Waals surface area contributed by atoms with Crippen molar-refractivity contribution in [3.8, 4) is 11.5 Å². The number of hydroxylamine groups is 1. The van der Waals surface area contributed by atoms with Crippen LogP contribution < -0.4 is 21.3 Å².